The summed E-state index contributed by atoms with van der Waals surface area (Å²) < 4.78 is 0. The minimum atomic E-state index is 0.984. The highest BCUT2D eigenvalue weighted by Gasteiger charge is 2.13. The van der Waals surface area contributed by atoms with E-state index in [0.29, 0.717) is 0 Å². The molecule has 0 N–H and O–H groups in total. The van der Waals surface area contributed by atoms with Gasteiger partial charge in [-0.05, 0) is 187 Å². The lowest BCUT2D eigenvalue weighted by Gasteiger charge is -2.16. The van der Waals surface area contributed by atoms with Gasteiger partial charge in [-0.2, -0.15) is 0 Å². The second-order valence-corrected chi connectivity index (χ2v) is 18.4. The number of allylic oxidation sites excluding steroid dienone is 23. The van der Waals surface area contributed by atoms with E-state index < -0.39 is 0 Å². The molecule has 6 rings (SSSR count). The second-order valence-electron chi connectivity index (χ2n) is 18.4. The van der Waals surface area contributed by atoms with E-state index >= 15 is 0 Å². The molecule has 6 aromatic carbocycles. The van der Waals surface area contributed by atoms with Gasteiger partial charge in [-0.25, -0.2) is 0 Å². The van der Waals surface area contributed by atoms with Gasteiger partial charge < -0.3 is 0 Å². The van der Waals surface area contributed by atoms with Gasteiger partial charge in [-0.3, -0.25) is 0 Å². The number of rotatable bonds is 19. The zero-order valence-corrected chi connectivity index (χ0v) is 52.6. The van der Waals surface area contributed by atoms with Crippen molar-refractivity contribution in [1.82, 2.24) is 0 Å². The van der Waals surface area contributed by atoms with E-state index in [1.165, 1.54) is 94.6 Å². The molecule has 0 unspecified atom stereocenters. The molecule has 0 bridgehead atoms. The van der Waals surface area contributed by atoms with Crippen LogP contribution in [0, 0.1) is 13.8 Å². The minimum Gasteiger partial charge on any atom is -0.0991 e. The van der Waals surface area contributed by atoms with Crippen molar-refractivity contribution in [3.63, 3.8) is 0 Å². The van der Waals surface area contributed by atoms with Gasteiger partial charge >= 0.3 is 0 Å². The molecule has 424 valence electrons. The third kappa shape index (κ3) is 25.3. The lowest BCUT2D eigenvalue weighted by atomic mass is 9.88. The monoisotopic (exact) mass is 1070 g/mol. The summed E-state index contributed by atoms with van der Waals surface area (Å²) in [5.74, 6) is 0. The Labute approximate surface area is 495 Å². The molecule has 0 heteroatoms. The van der Waals surface area contributed by atoms with E-state index in [4.69, 9.17) is 0 Å². The lowest BCUT2D eigenvalue weighted by Crippen LogP contribution is -1.96. The highest BCUT2D eigenvalue weighted by molar-refractivity contribution is 5.90. The summed E-state index contributed by atoms with van der Waals surface area (Å²) in [4.78, 5) is 0. The van der Waals surface area contributed by atoms with Crippen molar-refractivity contribution in [1.29, 1.82) is 0 Å². The molecule has 0 aliphatic heterocycles. The van der Waals surface area contributed by atoms with Crippen LogP contribution in [0.4, 0.5) is 0 Å². The maximum absolute atomic E-state index is 4.62. The molecule has 0 atom stereocenters. The van der Waals surface area contributed by atoms with E-state index in [2.05, 4.69) is 244 Å². The molecule has 0 aromatic heterocycles. The SMILES string of the molecule is C/C=C\C=C/C.C=C(/C=C(\C=C/C)c1ccc(CC)c(-c2ccc(-c3ccccc3)cc2C)c1)c1cc(C(/C=C\CC)=C/C)ccc1CCC.C=C/C=C(\C=C/C)c1ccc(C)cc1.C=C/C=C\C(=C/C)c1ccccc1.CC.CC. The van der Waals surface area contributed by atoms with Gasteiger partial charge in [-0.1, -0.05) is 311 Å². The molecular weight excluding hydrogens is 973 g/mol. The molecule has 0 heterocycles. The molecular formula is C81H100. The van der Waals surface area contributed by atoms with Crippen molar-refractivity contribution in [2.24, 2.45) is 0 Å². The maximum Gasteiger partial charge on any atom is -0.0143 e. The molecule has 0 aliphatic carbocycles. The zero-order chi connectivity index (χ0) is 60.2. The van der Waals surface area contributed by atoms with Gasteiger partial charge in [0.15, 0.2) is 0 Å². The van der Waals surface area contributed by atoms with Crippen molar-refractivity contribution in [2.45, 2.75) is 130 Å². The molecule has 81 heavy (non-hydrogen) atoms. The summed E-state index contributed by atoms with van der Waals surface area (Å²) in [6, 6.07) is 50.1. The third-order valence-electron chi connectivity index (χ3n) is 12.6. The molecule has 0 spiro atoms. The first-order chi connectivity index (χ1) is 39.5. The summed E-state index contributed by atoms with van der Waals surface area (Å²) in [6.07, 6.45) is 41.2. The number of aryl methyl sites for hydroxylation is 4. The molecule has 0 aliphatic rings. The van der Waals surface area contributed by atoms with E-state index in [-0.39, 0.29) is 0 Å². The van der Waals surface area contributed by atoms with Crippen LogP contribution in [0.3, 0.4) is 0 Å². The lowest BCUT2D eigenvalue weighted by molar-refractivity contribution is 0.918. The summed E-state index contributed by atoms with van der Waals surface area (Å²) in [5, 5.41) is 0. The van der Waals surface area contributed by atoms with E-state index in [0.717, 1.165) is 31.3 Å². The van der Waals surface area contributed by atoms with Crippen molar-refractivity contribution in [2.75, 3.05) is 0 Å². The van der Waals surface area contributed by atoms with Crippen LogP contribution in [0.2, 0.25) is 0 Å². The Kier molecular flexibility index (Phi) is 38.3. The Hall–Kier alpha value is -8.06. The fourth-order valence-corrected chi connectivity index (χ4v) is 8.59. The minimum absolute atomic E-state index is 0.984. The van der Waals surface area contributed by atoms with Crippen molar-refractivity contribution in [3.05, 3.63) is 319 Å². The number of hydrogen-bond acceptors (Lipinski definition) is 0. The molecule has 6 aromatic rings. The smallest absolute Gasteiger partial charge is 0.0143 e. The summed E-state index contributed by atoms with van der Waals surface area (Å²) in [5.41, 5.74) is 22.4. The largest absolute Gasteiger partial charge is 0.0991 e. The average molecular weight is 1070 g/mol. The number of benzene rings is 6. The predicted molar refractivity (Wildman–Crippen MR) is 373 cm³/mol. The Morgan fingerprint density at radius 2 is 1.00 bits per heavy atom. The van der Waals surface area contributed by atoms with Crippen molar-refractivity contribution >= 4 is 27.9 Å². The van der Waals surface area contributed by atoms with E-state index in [1.807, 2.05) is 122 Å². The molecule has 0 amide bonds. The van der Waals surface area contributed by atoms with Crippen molar-refractivity contribution < 1.29 is 0 Å². The van der Waals surface area contributed by atoms with E-state index in [9.17, 15) is 0 Å². The molecule has 0 fully saturated rings. The fraction of sp³-hybridized carbons (Fsp3) is 0.235. The average Bonchev–Trinajstić information content (AvgIpc) is 3.56. The first-order valence-corrected chi connectivity index (χ1v) is 29.6. The van der Waals surface area contributed by atoms with Gasteiger partial charge in [0, 0.05) is 0 Å². The van der Waals surface area contributed by atoms with Crippen LogP contribution in [0.15, 0.2) is 269 Å². The summed E-state index contributed by atoms with van der Waals surface area (Å²) in [7, 11) is 0. The Bertz CT molecular complexity index is 3060. The quantitative estimate of drug-likeness (QED) is 0.0709. The van der Waals surface area contributed by atoms with Gasteiger partial charge in [0.1, 0.15) is 0 Å². The molecule has 0 saturated carbocycles. The number of hydrogen-bond donors (Lipinski definition) is 0. The van der Waals surface area contributed by atoms with Crippen LogP contribution < -0.4 is 0 Å². The Morgan fingerprint density at radius 3 is 1.52 bits per heavy atom. The molecule has 0 saturated heterocycles. The van der Waals surface area contributed by atoms with Crippen LogP contribution in [0.25, 0.3) is 50.1 Å². The van der Waals surface area contributed by atoms with Gasteiger partial charge in [0.25, 0.3) is 0 Å². The normalized spacial score (nSPS) is 11.7. The summed E-state index contributed by atoms with van der Waals surface area (Å²) in [6.45, 7) is 43.2. The van der Waals surface area contributed by atoms with E-state index in [1.54, 1.807) is 6.08 Å². The van der Waals surface area contributed by atoms with Crippen molar-refractivity contribution in [3.8, 4) is 22.3 Å². The maximum atomic E-state index is 4.62. The first kappa shape index (κ1) is 71.0. The summed E-state index contributed by atoms with van der Waals surface area (Å²) >= 11 is 0. The van der Waals surface area contributed by atoms with Crippen LogP contribution in [-0.2, 0) is 12.8 Å². The standard InChI is InChI=1S/C44H48.C14H16.C13H14.C6H10.2C2H6/c1-8-13-19-34(11-4)40-25-23-37(17-9-2)43(30-40)33(7)29-38(18-10-3)41-24-22-35(12-5)44(31-41)42-27-26-39(28-32(42)6)36-20-15-14-16-21-36;1-4-6-13(7-5-2)14-10-8-12(3)9-11-14;1-3-5-9-12(4-2)13-10-7-6-8-11-13;1-3-5-6-4-2;2*1-2/h10-11,13-16,18-31H,7-9,12,17H2,1-6H3;4-11H,1H2,2-3H3;3-11H,1H2,2H3;3-6H,1-2H3;2*1-2H3/b18-10-,19-13-,34-11+,38-29+;7-5-,13-6+;9-5-,12-4+;5-3-,6-4-;;. The van der Waals surface area contributed by atoms with Gasteiger partial charge in [0.05, 0.1) is 0 Å². The molecule has 0 nitrogen and oxygen atoms in total. The van der Waals surface area contributed by atoms with Crippen LogP contribution >= 0.6 is 0 Å². The van der Waals surface area contributed by atoms with Gasteiger partial charge in [0.2, 0.25) is 0 Å². The Balaban J connectivity index is 0.000000714. The van der Waals surface area contributed by atoms with Crippen LogP contribution in [0.1, 0.15) is 153 Å². The highest BCUT2D eigenvalue weighted by Crippen LogP contribution is 2.35. The second kappa shape index (κ2) is 43.8. The predicted octanol–water partition coefficient (Wildman–Crippen LogP) is 25.0. The topological polar surface area (TPSA) is 0 Å². The third-order valence-corrected chi connectivity index (χ3v) is 12.6. The van der Waals surface area contributed by atoms with Crippen LogP contribution in [0.5, 0.6) is 0 Å². The first-order valence-electron chi connectivity index (χ1n) is 29.6. The molecule has 0 radical (unpaired) electrons. The highest BCUT2D eigenvalue weighted by atomic mass is 14.2. The van der Waals surface area contributed by atoms with Gasteiger partial charge in [-0.15, -0.1) is 0 Å². The zero-order valence-electron chi connectivity index (χ0n) is 52.6. The Morgan fingerprint density at radius 1 is 0.457 bits per heavy atom. The fourth-order valence-electron chi connectivity index (χ4n) is 8.59. The van der Waals surface area contributed by atoms with Crippen LogP contribution in [-0.4, -0.2) is 0 Å².